The minimum atomic E-state index is -0.992. The molecule has 0 aliphatic carbocycles. The van der Waals surface area contributed by atoms with E-state index in [0.717, 1.165) is 38.5 Å². The highest BCUT2D eigenvalue weighted by Gasteiger charge is 2.29. The molecule has 2 amide bonds. The van der Waals surface area contributed by atoms with Gasteiger partial charge >= 0.3 is 5.97 Å². The topological polar surface area (TPSA) is 77.9 Å². The first-order valence-electron chi connectivity index (χ1n) is 9.18. The van der Waals surface area contributed by atoms with Crippen LogP contribution in [0, 0.1) is 5.92 Å². The number of amides is 2. The summed E-state index contributed by atoms with van der Waals surface area (Å²) in [5.74, 6) is -0.878. The first-order chi connectivity index (χ1) is 11.4. The Labute approximate surface area is 145 Å². The molecule has 0 saturated carbocycles. The van der Waals surface area contributed by atoms with Crippen LogP contribution in [-0.2, 0) is 14.4 Å². The number of carboxylic acids is 1. The molecular formula is C18H32N2O4. The molecule has 6 heteroatoms. The summed E-state index contributed by atoms with van der Waals surface area (Å²) >= 11 is 0. The molecule has 0 aromatic heterocycles. The van der Waals surface area contributed by atoms with Gasteiger partial charge < -0.3 is 14.9 Å². The zero-order valence-electron chi connectivity index (χ0n) is 15.3. The molecule has 1 aliphatic rings. The van der Waals surface area contributed by atoms with Crippen molar-refractivity contribution < 1.29 is 19.5 Å². The van der Waals surface area contributed by atoms with Crippen molar-refractivity contribution in [3.05, 3.63) is 0 Å². The maximum absolute atomic E-state index is 12.8. The fourth-order valence-electron chi connectivity index (χ4n) is 3.60. The van der Waals surface area contributed by atoms with Crippen LogP contribution in [0.15, 0.2) is 0 Å². The van der Waals surface area contributed by atoms with E-state index in [4.69, 9.17) is 5.11 Å². The van der Waals surface area contributed by atoms with Gasteiger partial charge in [0.15, 0.2) is 0 Å². The van der Waals surface area contributed by atoms with Gasteiger partial charge in [0.25, 0.3) is 0 Å². The van der Waals surface area contributed by atoms with Gasteiger partial charge in [0.1, 0.15) is 6.54 Å². The smallest absolute Gasteiger partial charge is 0.323 e. The third-order valence-electron chi connectivity index (χ3n) is 4.78. The van der Waals surface area contributed by atoms with Crippen molar-refractivity contribution in [3.63, 3.8) is 0 Å². The molecule has 1 unspecified atom stereocenters. The molecule has 1 rings (SSSR count). The van der Waals surface area contributed by atoms with E-state index in [1.165, 1.54) is 11.8 Å². The van der Waals surface area contributed by atoms with Crippen molar-refractivity contribution in [1.29, 1.82) is 0 Å². The Balaban J connectivity index is 2.70. The third kappa shape index (κ3) is 6.13. The molecule has 1 aliphatic heterocycles. The number of hydrogen-bond acceptors (Lipinski definition) is 3. The van der Waals surface area contributed by atoms with E-state index in [1.807, 2.05) is 4.90 Å². The van der Waals surface area contributed by atoms with E-state index >= 15 is 0 Å². The normalized spacial score (nSPS) is 18.3. The van der Waals surface area contributed by atoms with Crippen LogP contribution in [0.2, 0.25) is 0 Å². The van der Waals surface area contributed by atoms with Crippen molar-refractivity contribution >= 4 is 17.8 Å². The number of aliphatic carboxylic acids is 1. The summed E-state index contributed by atoms with van der Waals surface area (Å²) < 4.78 is 0. The summed E-state index contributed by atoms with van der Waals surface area (Å²) in [6.45, 7) is 6.67. The summed E-state index contributed by atoms with van der Waals surface area (Å²) in [5, 5.41) is 9.01. The van der Waals surface area contributed by atoms with Crippen molar-refractivity contribution in [1.82, 2.24) is 9.80 Å². The fraction of sp³-hybridized carbons (Fsp3) is 0.833. The Morgan fingerprint density at radius 2 is 1.75 bits per heavy atom. The lowest BCUT2D eigenvalue weighted by molar-refractivity contribution is -0.145. The second-order valence-corrected chi connectivity index (χ2v) is 6.72. The van der Waals surface area contributed by atoms with Gasteiger partial charge in [-0.3, -0.25) is 14.4 Å². The number of hydrogen-bond donors (Lipinski definition) is 1. The van der Waals surface area contributed by atoms with Crippen molar-refractivity contribution in [3.8, 4) is 0 Å². The summed E-state index contributed by atoms with van der Waals surface area (Å²) in [5.41, 5.74) is 0. The van der Waals surface area contributed by atoms with Gasteiger partial charge in [-0.2, -0.15) is 0 Å². The Bertz CT molecular complexity index is 433. The molecule has 0 aromatic rings. The molecule has 1 heterocycles. The molecule has 1 N–H and O–H groups in total. The highest BCUT2D eigenvalue weighted by atomic mass is 16.4. The summed E-state index contributed by atoms with van der Waals surface area (Å²) in [6, 6.07) is -0.0906. The first kappa shape index (κ1) is 20.5. The van der Waals surface area contributed by atoms with Crippen molar-refractivity contribution in [2.45, 2.75) is 71.8 Å². The van der Waals surface area contributed by atoms with Gasteiger partial charge in [-0.15, -0.1) is 0 Å². The van der Waals surface area contributed by atoms with E-state index in [-0.39, 0.29) is 30.3 Å². The molecule has 138 valence electrons. The first-order valence-corrected chi connectivity index (χ1v) is 9.18. The number of rotatable bonds is 8. The lowest BCUT2D eigenvalue weighted by Gasteiger charge is -2.29. The molecule has 1 atom stereocenters. The van der Waals surface area contributed by atoms with Crippen LogP contribution >= 0.6 is 0 Å². The zero-order chi connectivity index (χ0) is 18.1. The van der Waals surface area contributed by atoms with Crippen LogP contribution in [0.25, 0.3) is 0 Å². The van der Waals surface area contributed by atoms with Crippen LogP contribution < -0.4 is 0 Å². The number of nitrogens with zero attached hydrogens (tertiary/aromatic N) is 2. The molecule has 24 heavy (non-hydrogen) atoms. The number of carbonyl (C=O) groups is 3. The number of carbonyl (C=O) groups excluding carboxylic acids is 2. The van der Waals surface area contributed by atoms with Gasteiger partial charge in [-0.05, 0) is 32.1 Å². The zero-order valence-corrected chi connectivity index (χ0v) is 15.3. The quantitative estimate of drug-likeness (QED) is 0.736. The summed E-state index contributed by atoms with van der Waals surface area (Å²) in [4.78, 5) is 38.9. The molecule has 0 bridgehead atoms. The van der Waals surface area contributed by atoms with Crippen LogP contribution in [0.3, 0.4) is 0 Å². The Morgan fingerprint density at radius 3 is 2.25 bits per heavy atom. The SMILES string of the molecule is CCCC(CCC)C(=O)N1CCCC(N(CC(=O)O)C(C)=O)CC1. The molecular weight excluding hydrogens is 308 g/mol. The predicted octanol–water partition coefficient (Wildman–Crippen LogP) is 2.52. The van der Waals surface area contributed by atoms with E-state index < -0.39 is 5.97 Å². The van der Waals surface area contributed by atoms with Crippen LogP contribution in [0.4, 0.5) is 0 Å². The Hall–Kier alpha value is -1.59. The van der Waals surface area contributed by atoms with E-state index in [0.29, 0.717) is 19.5 Å². The number of likely N-dealkylation sites (tertiary alicyclic amines) is 1. The van der Waals surface area contributed by atoms with Crippen molar-refractivity contribution in [2.24, 2.45) is 5.92 Å². The molecule has 1 saturated heterocycles. The van der Waals surface area contributed by atoms with Crippen molar-refractivity contribution in [2.75, 3.05) is 19.6 Å². The highest BCUT2D eigenvalue weighted by molar-refractivity contribution is 5.80. The maximum atomic E-state index is 12.8. The summed E-state index contributed by atoms with van der Waals surface area (Å²) in [6.07, 6.45) is 6.07. The second kappa shape index (κ2) is 10.3. The molecule has 0 spiro atoms. The van der Waals surface area contributed by atoms with Gasteiger partial charge in [0.2, 0.25) is 11.8 Å². The Kier molecular flexibility index (Phi) is 8.79. The molecule has 0 aromatic carbocycles. The van der Waals surface area contributed by atoms with E-state index in [9.17, 15) is 14.4 Å². The molecule has 6 nitrogen and oxygen atoms in total. The monoisotopic (exact) mass is 340 g/mol. The lowest BCUT2D eigenvalue weighted by atomic mass is 9.96. The fourth-order valence-corrected chi connectivity index (χ4v) is 3.60. The minimum absolute atomic E-state index is 0.0906. The average Bonchev–Trinajstić information content (AvgIpc) is 2.77. The predicted molar refractivity (Wildman–Crippen MR) is 92.5 cm³/mol. The minimum Gasteiger partial charge on any atom is -0.480 e. The van der Waals surface area contributed by atoms with E-state index in [2.05, 4.69) is 13.8 Å². The van der Waals surface area contributed by atoms with Crippen LogP contribution in [-0.4, -0.2) is 58.4 Å². The molecule has 1 fully saturated rings. The van der Waals surface area contributed by atoms with Gasteiger partial charge in [-0.25, -0.2) is 0 Å². The van der Waals surface area contributed by atoms with Gasteiger partial charge in [0, 0.05) is 32.0 Å². The van der Waals surface area contributed by atoms with Crippen LogP contribution in [0.5, 0.6) is 0 Å². The third-order valence-corrected chi connectivity index (χ3v) is 4.78. The van der Waals surface area contributed by atoms with E-state index in [1.54, 1.807) is 0 Å². The lowest BCUT2D eigenvalue weighted by Crippen LogP contribution is -2.43. The highest BCUT2D eigenvalue weighted by Crippen LogP contribution is 2.22. The average molecular weight is 340 g/mol. The maximum Gasteiger partial charge on any atom is 0.323 e. The summed E-state index contributed by atoms with van der Waals surface area (Å²) in [7, 11) is 0. The molecule has 0 radical (unpaired) electrons. The standard InChI is InChI=1S/C18H32N2O4/c1-4-7-15(8-5-2)18(24)19-11-6-9-16(10-12-19)20(14(3)21)13-17(22)23/h15-16H,4-13H2,1-3H3,(H,22,23). The van der Waals surface area contributed by atoms with Crippen LogP contribution in [0.1, 0.15) is 65.7 Å². The van der Waals surface area contributed by atoms with Gasteiger partial charge in [-0.1, -0.05) is 26.7 Å². The largest absolute Gasteiger partial charge is 0.480 e. The second-order valence-electron chi connectivity index (χ2n) is 6.72. The Morgan fingerprint density at radius 1 is 1.12 bits per heavy atom. The number of carboxylic acid groups (broad SMARTS) is 1. The van der Waals surface area contributed by atoms with Gasteiger partial charge in [0.05, 0.1) is 0 Å².